The molecule has 1 spiro atoms. The van der Waals surface area contributed by atoms with Gasteiger partial charge in [0.1, 0.15) is 5.75 Å². The Morgan fingerprint density at radius 3 is 2.83 bits per heavy atom. The van der Waals surface area contributed by atoms with Gasteiger partial charge in [-0.1, -0.05) is 6.07 Å². The van der Waals surface area contributed by atoms with Gasteiger partial charge in [-0.2, -0.15) is 0 Å². The van der Waals surface area contributed by atoms with Crippen LogP contribution >= 0.6 is 12.4 Å². The minimum atomic E-state index is -1.06. The van der Waals surface area contributed by atoms with E-state index in [4.69, 9.17) is 4.74 Å². The quantitative estimate of drug-likeness (QED) is 0.755. The first-order valence-electron chi connectivity index (χ1n) is 10.2. The number of ether oxygens (including phenoxy) is 1. The predicted molar refractivity (Wildman–Crippen MR) is 106 cm³/mol. The molecular weight excluding hydrogens is 396 g/mol. The van der Waals surface area contributed by atoms with E-state index in [-0.39, 0.29) is 36.2 Å². The topological polar surface area (TPSA) is 96.3 Å². The Labute approximate surface area is 174 Å². The van der Waals surface area contributed by atoms with Gasteiger partial charge >= 0.3 is 5.91 Å². The Morgan fingerprint density at radius 2 is 2.10 bits per heavy atom. The number of carbonyl (C=O) groups excluding carboxylic acids is 2. The highest BCUT2D eigenvalue weighted by Gasteiger charge is 2.73. The number of piperidine rings is 1. The average molecular weight is 419 g/mol. The molecule has 1 amide bonds. The molecule has 2 aliphatic heterocycles. The number of hydrogen-bond acceptors (Lipinski definition) is 6. The van der Waals surface area contributed by atoms with Crippen LogP contribution in [0.1, 0.15) is 53.6 Å². The number of halogens is 1. The Kier molecular flexibility index (Phi) is 4.02. The summed E-state index contributed by atoms with van der Waals surface area (Å²) < 4.78 is 6.09. The van der Waals surface area contributed by atoms with Crippen LogP contribution in [0.2, 0.25) is 0 Å². The van der Waals surface area contributed by atoms with E-state index in [1.807, 2.05) is 6.07 Å². The normalized spacial score (nSPS) is 36.7. The third-order valence-electron chi connectivity index (χ3n) is 7.89. The zero-order chi connectivity index (χ0) is 19.3. The molecule has 1 unspecified atom stereocenters. The van der Waals surface area contributed by atoms with E-state index in [2.05, 4.69) is 10.1 Å². The molecule has 1 aromatic carbocycles. The first-order valence-corrected chi connectivity index (χ1v) is 10.2. The number of aliphatic hydroxyl groups is 1. The van der Waals surface area contributed by atoms with Gasteiger partial charge < -0.3 is 9.84 Å². The summed E-state index contributed by atoms with van der Waals surface area (Å²) in [7, 11) is 0. The summed E-state index contributed by atoms with van der Waals surface area (Å²) in [6.07, 6.45) is 3.70. The minimum Gasteiger partial charge on any atom is -0.480 e. The van der Waals surface area contributed by atoms with Gasteiger partial charge in [-0.05, 0) is 56.2 Å². The molecule has 1 N–H and O–H groups in total. The molecular formula is C21H23ClN2O5. The molecule has 0 aromatic heterocycles. The molecule has 2 bridgehead atoms. The largest absolute Gasteiger partial charge is 0.480 e. The van der Waals surface area contributed by atoms with Gasteiger partial charge in [-0.25, -0.2) is 0 Å². The number of Topliss-reactive ketones (excluding diaryl/α,β-unsaturated/α-hetero) is 1. The minimum absolute atomic E-state index is 0. The van der Waals surface area contributed by atoms with Crippen molar-refractivity contribution in [2.75, 3.05) is 13.1 Å². The second-order valence-corrected chi connectivity index (χ2v) is 9.14. The lowest BCUT2D eigenvalue weighted by atomic mass is 9.49. The maximum Gasteiger partial charge on any atom is 0.320 e. The highest BCUT2D eigenvalue weighted by atomic mass is 35.5. The van der Waals surface area contributed by atoms with E-state index in [1.54, 1.807) is 6.07 Å². The van der Waals surface area contributed by atoms with Gasteiger partial charge in [0.05, 0.1) is 16.6 Å². The van der Waals surface area contributed by atoms with Gasteiger partial charge in [0, 0.05) is 29.7 Å². The molecule has 2 saturated carbocycles. The molecule has 2 heterocycles. The number of benzene rings is 1. The maximum atomic E-state index is 12.9. The first-order chi connectivity index (χ1) is 13.5. The lowest BCUT2D eigenvalue weighted by Crippen LogP contribution is -2.76. The van der Waals surface area contributed by atoms with Crippen LogP contribution in [0.25, 0.3) is 0 Å². The van der Waals surface area contributed by atoms with E-state index in [0.717, 1.165) is 24.2 Å². The molecule has 3 fully saturated rings. The van der Waals surface area contributed by atoms with Crippen LogP contribution < -0.4 is 4.74 Å². The molecule has 4 atom stereocenters. The highest BCUT2D eigenvalue weighted by molar-refractivity contribution is 6.00. The zero-order valence-corrected chi connectivity index (χ0v) is 16.7. The number of hydrogen-bond donors (Lipinski definition) is 1. The fourth-order valence-electron chi connectivity index (χ4n) is 6.50. The number of carbonyl (C=O) groups is 2. The first kappa shape index (κ1) is 19.2. The number of nitrogens with zero attached hydrogens (tertiary/aromatic N) is 2. The summed E-state index contributed by atoms with van der Waals surface area (Å²) in [6.45, 7) is 1.80. The van der Waals surface area contributed by atoms with Crippen LogP contribution in [0.4, 0.5) is 0 Å². The monoisotopic (exact) mass is 418 g/mol. The standard InChI is InChI=1S/C21H22N2O5.ClH/c24-14-5-6-21(26)15-9-12-3-4-13(19(25)22-27)17-16(12)20(21,18(14)28-17)7-8-23(15)10-11-1-2-11;/h3-4,11,15,18,26H,1-2,5-10H2;1H/t15-,18+,20+,21?;/m1./s1. The lowest BCUT2D eigenvalue weighted by Gasteiger charge is -2.62. The second kappa shape index (κ2) is 6.09. The van der Waals surface area contributed by atoms with Crippen LogP contribution in [-0.4, -0.2) is 52.5 Å². The molecule has 6 rings (SSSR count). The number of amides is 1. The van der Waals surface area contributed by atoms with Crippen LogP contribution in [0.3, 0.4) is 0 Å². The summed E-state index contributed by atoms with van der Waals surface area (Å²) >= 11 is 0. The van der Waals surface area contributed by atoms with Crippen LogP contribution in [0, 0.1) is 10.8 Å². The van der Waals surface area contributed by atoms with Crippen molar-refractivity contribution >= 4 is 24.1 Å². The Bertz CT molecular complexity index is 947. The second-order valence-electron chi connectivity index (χ2n) is 9.14. The van der Waals surface area contributed by atoms with Gasteiger partial charge in [0.25, 0.3) is 0 Å². The Hall–Kier alpha value is -1.83. The Morgan fingerprint density at radius 1 is 1.31 bits per heavy atom. The van der Waals surface area contributed by atoms with Gasteiger partial charge in [-0.3, -0.25) is 14.5 Å². The third-order valence-corrected chi connectivity index (χ3v) is 7.89. The summed E-state index contributed by atoms with van der Waals surface area (Å²) in [5.74, 6) is 0.0988. The molecule has 29 heavy (non-hydrogen) atoms. The molecule has 154 valence electrons. The van der Waals surface area contributed by atoms with Crippen molar-refractivity contribution in [3.63, 3.8) is 0 Å². The number of ketones is 1. The highest BCUT2D eigenvalue weighted by Crippen LogP contribution is 2.64. The van der Waals surface area contributed by atoms with Crippen molar-refractivity contribution in [3.05, 3.63) is 33.7 Å². The van der Waals surface area contributed by atoms with Crippen LogP contribution in [0.15, 0.2) is 17.3 Å². The zero-order valence-electron chi connectivity index (χ0n) is 15.9. The Balaban J connectivity index is 0.00000181. The van der Waals surface area contributed by atoms with Crippen molar-refractivity contribution in [3.8, 4) is 5.75 Å². The number of likely N-dealkylation sites (tertiary alicyclic amines) is 1. The van der Waals surface area contributed by atoms with E-state index in [1.165, 1.54) is 12.8 Å². The van der Waals surface area contributed by atoms with Crippen LogP contribution in [-0.2, 0) is 16.6 Å². The summed E-state index contributed by atoms with van der Waals surface area (Å²) in [5, 5.41) is 14.6. The molecule has 1 aromatic rings. The van der Waals surface area contributed by atoms with Crippen LogP contribution in [0.5, 0.6) is 5.75 Å². The fraction of sp³-hybridized carbons (Fsp3) is 0.619. The van der Waals surface area contributed by atoms with E-state index in [9.17, 15) is 19.6 Å². The predicted octanol–water partition coefficient (Wildman–Crippen LogP) is 2.15. The SMILES string of the molecule is Cl.O=NC(=O)c1ccc2c3c1O[C@H]1C(=O)CCC4(O)[C@@H](C2)N(CC2CC2)CC[C@]314. The summed E-state index contributed by atoms with van der Waals surface area (Å²) in [5.41, 5.74) is 0.0174. The number of rotatable bonds is 3. The van der Waals surface area contributed by atoms with Gasteiger partial charge in [-0.15, -0.1) is 17.3 Å². The lowest BCUT2D eigenvalue weighted by molar-refractivity contribution is -0.188. The van der Waals surface area contributed by atoms with Gasteiger partial charge in [0.15, 0.2) is 11.9 Å². The van der Waals surface area contributed by atoms with E-state index >= 15 is 0 Å². The van der Waals surface area contributed by atoms with Crippen molar-refractivity contribution < 1.29 is 19.4 Å². The molecule has 7 nitrogen and oxygen atoms in total. The van der Waals surface area contributed by atoms with Crippen molar-refractivity contribution in [1.82, 2.24) is 4.90 Å². The molecule has 0 radical (unpaired) electrons. The molecule has 1 saturated heterocycles. The van der Waals surface area contributed by atoms with Crippen molar-refractivity contribution in [1.29, 1.82) is 0 Å². The number of nitroso groups, excluding NO2 is 1. The van der Waals surface area contributed by atoms with Gasteiger partial charge in [0.2, 0.25) is 0 Å². The smallest absolute Gasteiger partial charge is 0.320 e. The summed E-state index contributed by atoms with van der Waals surface area (Å²) in [4.78, 5) is 38.3. The molecule has 8 heteroatoms. The molecule has 3 aliphatic carbocycles. The van der Waals surface area contributed by atoms with Crippen molar-refractivity contribution in [2.24, 2.45) is 11.1 Å². The average Bonchev–Trinajstić information content (AvgIpc) is 3.43. The summed E-state index contributed by atoms with van der Waals surface area (Å²) in [6, 6.07) is 3.39. The third kappa shape index (κ3) is 2.21. The molecule has 5 aliphatic rings. The maximum absolute atomic E-state index is 12.9. The van der Waals surface area contributed by atoms with E-state index in [0.29, 0.717) is 30.9 Å². The van der Waals surface area contributed by atoms with Crippen molar-refractivity contribution in [2.45, 2.75) is 61.7 Å². The van der Waals surface area contributed by atoms with E-state index < -0.39 is 23.0 Å². The fourth-order valence-corrected chi connectivity index (χ4v) is 6.50.